The Hall–Kier alpha value is -1.69. The van der Waals surface area contributed by atoms with Gasteiger partial charge in [-0.1, -0.05) is 0 Å². The van der Waals surface area contributed by atoms with Crippen molar-refractivity contribution in [3.63, 3.8) is 0 Å². The van der Waals surface area contributed by atoms with Gasteiger partial charge in [0.25, 0.3) is 0 Å². The molecule has 6 heteroatoms. The minimum absolute atomic E-state index is 0.212. The van der Waals surface area contributed by atoms with Crippen LogP contribution < -0.4 is 4.90 Å². The van der Waals surface area contributed by atoms with Crippen LogP contribution >= 0.6 is 11.8 Å². The minimum Gasteiger partial charge on any atom is -0.478 e. The average molecular weight is 293 g/mol. The third kappa shape index (κ3) is 2.35. The molecule has 1 atom stereocenters. The van der Waals surface area contributed by atoms with Crippen molar-refractivity contribution in [1.29, 1.82) is 0 Å². The maximum atomic E-state index is 12.0. The summed E-state index contributed by atoms with van der Waals surface area (Å²) in [6.07, 6.45) is 1.62. The molecular formula is C14H15NO4S. The van der Waals surface area contributed by atoms with E-state index in [1.807, 2.05) is 11.8 Å². The lowest BCUT2D eigenvalue weighted by atomic mass is 10.00. The van der Waals surface area contributed by atoms with Gasteiger partial charge in [-0.3, -0.25) is 4.90 Å². The Morgan fingerprint density at radius 3 is 2.70 bits per heavy atom. The number of carboxylic acids is 1. The first-order valence-electron chi connectivity index (χ1n) is 6.51. The van der Waals surface area contributed by atoms with Crippen molar-refractivity contribution in [3.05, 3.63) is 29.8 Å². The van der Waals surface area contributed by atoms with Crippen LogP contribution in [0.4, 0.5) is 10.5 Å². The molecule has 2 saturated heterocycles. The molecule has 1 aromatic rings. The maximum Gasteiger partial charge on any atom is 0.415 e. The van der Waals surface area contributed by atoms with Crippen molar-refractivity contribution in [2.45, 2.75) is 18.4 Å². The van der Waals surface area contributed by atoms with Crippen molar-refractivity contribution < 1.29 is 19.4 Å². The first-order chi connectivity index (χ1) is 9.60. The van der Waals surface area contributed by atoms with Gasteiger partial charge in [0.15, 0.2) is 0 Å². The van der Waals surface area contributed by atoms with Gasteiger partial charge in [0.2, 0.25) is 0 Å². The number of nitrogens with zero attached hydrogens (tertiary/aromatic N) is 1. The van der Waals surface area contributed by atoms with Gasteiger partial charge in [-0.2, -0.15) is 11.8 Å². The standard InChI is InChI=1S/C14H15NO4S/c16-12(17)10-2-4-11(5-3-10)15-8-14(19-13(15)18)6-1-7-20-9-14/h2-5H,1,6-9H2,(H,16,17). The first-order valence-corrected chi connectivity index (χ1v) is 7.67. The number of amides is 1. The van der Waals surface area contributed by atoms with E-state index in [0.717, 1.165) is 24.3 Å². The van der Waals surface area contributed by atoms with Gasteiger partial charge in [0.1, 0.15) is 5.60 Å². The van der Waals surface area contributed by atoms with Gasteiger partial charge < -0.3 is 9.84 Å². The summed E-state index contributed by atoms with van der Waals surface area (Å²) in [7, 11) is 0. The van der Waals surface area contributed by atoms with Crippen LogP contribution in [-0.4, -0.2) is 40.8 Å². The third-order valence-electron chi connectivity index (χ3n) is 3.68. The first kappa shape index (κ1) is 13.3. The molecule has 1 unspecified atom stereocenters. The molecule has 20 heavy (non-hydrogen) atoms. The molecule has 0 saturated carbocycles. The summed E-state index contributed by atoms with van der Waals surface area (Å²) in [5.41, 5.74) is 0.530. The normalized spacial score (nSPS) is 25.8. The molecule has 2 aliphatic rings. The summed E-state index contributed by atoms with van der Waals surface area (Å²) >= 11 is 1.82. The Labute approximate surface area is 120 Å². The number of carboxylic acid groups (broad SMARTS) is 1. The lowest BCUT2D eigenvalue weighted by Crippen LogP contribution is -2.39. The number of hydrogen-bond acceptors (Lipinski definition) is 4. The molecule has 5 nitrogen and oxygen atoms in total. The van der Waals surface area contributed by atoms with Crippen LogP contribution in [0.2, 0.25) is 0 Å². The van der Waals surface area contributed by atoms with Gasteiger partial charge in [0.05, 0.1) is 12.1 Å². The molecule has 2 fully saturated rings. The van der Waals surface area contributed by atoms with Gasteiger partial charge in [-0.25, -0.2) is 9.59 Å². The van der Waals surface area contributed by atoms with E-state index in [9.17, 15) is 9.59 Å². The van der Waals surface area contributed by atoms with E-state index in [2.05, 4.69) is 0 Å². The lowest BCUT2D eigenvalue weighted by molar-refractivity contribution is 0.0662. The SMILES string of the molecule is O=C(O)c1ccc(N2CC3(CCCSC3)OC2=O)cc1. The average Bonchev–Trinajstić information content (AvgIpc) is 2.76. The molecule has 0 aliphatic carbocycles. The largest absolute Gasteiger partial charge is 0.478 e. The van der Waals surface area contributed by atoms with Crippen LogP contribution in [0, 0.1) is 0 Å². The van der Waals surface area contributed by atoms with Gasteiger partial charge in [-0.05, 0) is 42.9 Å². The molecule has 2 heterocycles. The summed E-state index contributed by atoms with van der Waals surface area (Å²) in [4.78, 5) is 24.5. The van der Waals surface area contributed by atoms with Crippen molar-refractivity contribution in [2.24, 2.45) is 0 Å². The highest BCUT2D eigenvalue weighted by Crippen LogP contribution is 2.37. The highest BCUT2D eigenvalue weighted by molar-refractivity contribution is 7.99. The molecule has 0 bridgehead atoms. The number of carbonyl (C=O) groups excluding carboxylic acids is 1. The van der Waals surface area contributed by atoms with Crippen LogP contribution in [0.5, 0.6) is 0 Å². The molecule has 1 aromatic carbocycles. The van der Waals surface area contributed by atoms with E-state index >= 15 is 0 Å². The molecular weight excluding hydrogens is 278 g/mol. The number of hydrogen-bond donors (Lipinski definition) is 1. The van der Waals surface area contributed by atoms with Crippen LogP contribution in [0.3, 0.4) is 0 Å². The Morgan fingerprint density at radius 1 is 1.35 bits per heavy atom. The summed E-state index contributed by atoms with van der Waals surface area (Å²) in [5.74, 6) is 0.982. The Kier molecular flexibility index (Phi) is 3.33. The molecule has 0 radical (unpaired) electrons. The second kappa shape index (κ2) is 5.01. The minimum atomic E-state index is -0.972. The fourth-order valence-electron chi connectivity index (χ4n) is 2.64. The zero-order valence-electron chi connectivity index (χ0n) is 10.9. The topological polar surface area (TPSA) is 66.8 Å². The van der Waals surface area contributed by atoms with E-state index in [1.165, 1.54) is 12.1 Å². The second-order valence-corrected chi connectivity index (χ2v) is 6.25. The second-order valence-electron chi connectivity index (χ2n) is 5.15. The van der Waals surface area contributed by atoms with Crippen molar-refractivity contribution in [1.82, 2.24) is 0 Å². The molecule has 1 amide bonds. The quantitative estimate of drug-likeness (QED) is 0.908. The van der Waals surface area contributed by atoms with Crippen molar-refractivity contribution in [2.75, 3.05) is 23.0 Å². The number of ether oxygens (including phenoxy) is 1. The Balaban J connectivity index is 1.80. The molecule has 1 N–H and O–H groups in total. The molecule has 3 rings (SSSR count). The zero-order chi connectivity index (χ0) is 14.2. The fourth-order valence-corrected chi connectivity index (χ4v) is 3.80. The molecule has 106 valence electrons. The van der Waals surface area contributed by atoms with Crippen LogP contribution in [-0.2, 0) is 4.74 Å². The Bertz CT molecular complexity index is 537. The smallest absolute Gasteiger partial charge is 0.415 e. The summed E-state index contributed by atoms with van der Waals surface area (Å²) in [5, 5.41) is 8.88. The van der Waals surface area contributed by atoms with Crippen LogP contribution in [0.1, 0.15) is 23.2 Å². The van der Waals surface area contributed by atoms with Gasteiger partial charge >= 0.3 is 12.1 Å². The van der Waals surface area contributed by atoms with E-state index in [1.54, 1.807) is 17.0 Å². The number of thioether (sulfide) groups is 1. The van der Waals surface area contributed by atoms with E-state index < -0.39 is 5.97 Å². The zero-order valence-corrected chi connectivity index (χ0v) is 11.7. The summed E-state index contributed by atoms with van der Waals surface area (Å²) < 4.78 is 5.58. The van der Waals surface area contributed by atoms with Gasteiger partial charge in [0, 0.05) is 11.4 Å². The number of carbonyl (C=O) groups is 2. The van der Waals surface area contributed by atoms with Crippen molar-refractivity contribution >= 4 is 29.5 Å². The predicted molar refractivity (Wildman–Crippen MR) is 76.5 cm³/mol. The third-order valence-corrected chi connectivity index (χ3v) is 4.99. The molecule has 1 spiro atoms. The van der Waals surface area contributed by atoms with Crippen LogP contribution in [0.25, 0.3) is 0 Å². The lowest BCUT2D eigenvalue weighted by Gasteiger charge is -2.30. The highest BCUT2D eigenvalue weighted by Gasteiger charge is 2.46. The number of rotatable bonds is 2. The van der Waals surface area contributed by atoms with Crippen LogP contribution in [0.15, 0.2) is 24.3 Å². The van der Waals surface area contributed by atoms with E-state index in [-0.39, 0.29) is 17.3 Å². The predicted octanol–water partition coefficient (Wildman–Crippen LogP) is 2.61. The summed E-state index contributed by atoms with van der Waals surface area (Å²) in [6.45, 7) is 0.547. The number of anilines is 1. The van der Waals surface area contributed by atoms with E-state index in [0.29, 0.717) is 12.2 Å². The fraction of sp³-hybridized carbons (Fsp3) is 0.429. The molecule has 2 aliphatic heterocycles. The van der Waals surface area contributed by atoms with Gasteiger partial charge in [-0.15, -0.1) is 0 Å². The number of benzene rings is 1. The highest BCUT2D eigenvalue weighted by atomic mass is 32.2. The Morgan fingerprint density at radius 2 is 2.10 bits per heavy atom. The van der Waals surface area contributed by atoms with E-state index in [4.69, 9.17) is 9.84 Å². The van der Waals surface area contributed by atoms with Crippen molar-refractivity contribution in [3.8, 4) is 0 Å². The summed E-state index contributed by atoms with van der Waals surface area (Å²) in [6, 6.07) is 6.32. The molecule has 0 aromatic heterocycles. The maximum absolute atomic E-state index is 12.0. The monoisotopic (exact) mass is 293 g/mol. The number of aromatic carboxylic acids is 1.